The predicted molar refractivity (Wildman–Crippen MR) is 358 cm³/mol. The van der Waals surface area contributed by atoms with Crippen LogP contribution in [-0.2, 0) is 5.41 Å². The number of para-hydroxylation sites is 1. The molecule has 1 spiro atoms. The number of hydrogen-bond acceptors (Lipinski definition) is 9. The smallest absolute Gasteiger partial charge is 0.167 e. The number of rotatable bonds is 8. The Hall–Kier alpha value is -11.0. The molecule has 1 atom stereocenters. The molecule has 18 rings (SSSR count). The maximum atomic E-state index is 6.92. The summed E-state index contributed by atoms with van der Waals surface area (Å²) in [5.41, 5.74) is 18.7. The molecule has 410 valence electrons. The van der Waals surface area contributed by atoms with Gasteiger partial charge >= 0.3 is 0 Å². The zero-order chi connectivity index (χ0) is 57.9. The van der Waals surface area contributed by atoms with E-state index in [-0.39, 0.29) is 0 Å². The minimum Gasteiger partial charge on any atom is -0.455 e. The van der Waals surface area contributed by atoms with Gasteiger partial charge in [0.25, 0.3) is 0 Å². The van der Waals surface area contributed by atoms with E-state index in [0.717, 1.165) is 66.4 Å². The summed E-state index contributed by atoms with van der Waals surface area (Å²) >= 11 is 3.66. The molecule has 0 radical (unpaired) electrons. The van der Waals surface area contributed by atoms with Crippen LogP contribution in [0.3, 0.4) is 0 Å². The maximum absolute atomic E-state index is 6.92. The van der Waals surface area contributed by atoms with Gasteiger partial charge in [0.15, 0.2) is 34.9 Å². The molecule has 0 N–H and O–H groups in total. The van der Waals surface area contributed by atoms with Crippen molar-refractivity contribution < 1.29 is 4.42 Å². The van der Waals surface area contributed by atoms with E-state index in [0.29, 0.717) is 34.9 Å². The largest absolute Gasteiger partial charge is 0.455 e. The van der Waals surface area contributed by atoms with Crippen molar-refractivity contribution in [1.29, 1.82) is 0 Å². The highest BCUT2D eigenvalue weighted by molar-refractivity contribution is 7.99. The van der Waals surface area contributed by atoms with E-state index in [4.69, 9.17) is 34.3 Å². The van der Waals surface area contributed by atoms with Gasteiger partial charge in [-0.2, -0.15) is 0 Å². The lowest BCUT2D eigenvalue weighted by Crippen LogP contribution is -2.31. The molecule has 5 heterocycles. The number of thiophene rings is 1. The number of fused-ring (bicyclic) bond motifs is 15. The van der Waals surface area contributed by atoms with Crippen molar-refractivity contribution in [3.63, 3.8) is 0 Å². The first-order chi connectivity index (χ1) is 43.6. The van der Waals surface area contributed by atoms with Crippen LogP contribution in [0, 0.1) is 0 Å². The van der Waals surface area contributed by atoms with Gasteiger partial charge in [-0.25, -0.2) is 29.9 Å². The average Bonchev–Trinajstić information content (AvgIpc) is 1.52. The molecule has 1 aliphatic carbocycles. The summed E-state index contributed by atoms with van der Waals surface area (Å²) in [5, 5.41) is 4.49. The Kier molecular flexibility index (Phi) is 11.5. The molecule has 0 saturated heterocycles. The second-order valence-electron chi connectivity index (χ2n) is 22.4. The molecule has 16 aromatic rings. The molecule has 9 heteroatoms. The summed E-state index contributed by atoms with van der Waals surface area (Å²) in [6.07, 6.45) is 0. The third-order valence-electron chi connectivity index (χ3n) is 17.5. The van der Waals surface area contributed by atoms with Crippen molar-refractivity contribution in [2.75, 3.05) is 0 Å². The van der Waals surface area contributed by atoms with Gasteiger partial charge in [-0.05, 0) is 104 Å². The van der Waals surface area contributed by atoms with E-state index < -0.39 is 5.41 Å². The van der Waals surface area contributed by atoms with Gasteiger partial charge in [0, 0.05) is 68.6 Å². The van der Waals surface area contributed by atoms with Crippen LogP contribution < -0.4 is 0 Å². The fraction of sp³-hybridized carbons (Fsp3) is 0.0127. The molecule has 1 unspecified atom stereocenters. The van der Waals surface area contributed by atoms with Gasteiger partial charge in [-0.3, -0.25) is 0 Å². The molecule has 12 aromatic carbocycles. The Morgan fingerprint density at radius 1 is 0.273 bits per heavy atom. The van der Waals surface area contributed by atoms with E-state index in [1.165, 1.54) is 74.5 Å². The number of aromatic nitrogens is 6. The van der Waals surface area contributed by atoms with Crippen molar-refractivity contribution in [2.24, 2.45) is 0 Å². The molecule has 0 saturated carbocycles. The lowest BCUT2D eigenvalue weighted by atomic mass is 9.67. The van der Waals surface area contributed by atoms with Gasteiger partial charge in [-0.1, -0.05) is 242 Å². The Morgan fingerprint density at radius 2 is 0.773 bits per heavy atom. The van der Waals surface area contributed by atoms with Crippen LogP contribution in [-0.4, -0.2) is 29.9 Å². The monoisotopic (exact) mass is 1160 g/mol. The summed E-state index contributed by atoms with van der Waals surface area (Å²) in [4.78, 5) is 32.7. The number of furan rings is 1. The van der Waals surface area contributed by atoms with Crippen molar-refractivity contribution in [2.45, 2.75) is 15.2 Å². The van der Waals surface area contributed by atoms with Crippen LogP contribution in [0.1, 0.15) is 22.3 Å². The zero-order valence-electron chi connectivity index (χ0n) is 47.0. The second kappa shape index (κ2) is 20.1. The Bertz CT molecular complexity index is 5380. The zero-order valence-corrected chi connectivity index (χ0v) is 48.6. The Balaban J connectivity index is 0.732. The summed E-state index contributed by atoms with van der Waals surface area (Å²) in [6.45, 7) is 0. The molecule has 88 heavy (non-hydrogen) atoms. The highest BCUT2D eigenvalue weighted by atomic mass is 32.2. The van der Waals surface area contributed by atoms with Crippen LogP contribution in [0.4, 0.5) is 0 Å². The fourth-order valence-electron chi connectivity index (χ4n) is 13.5. The minimum atomic E-state index is -0.557. The standard InChI is InChI=1S/C79H46N6OS2/c1-5-19-47(20-6-1)73-80-74(48-21-7-2-8-22-48)83-77(82-73)54-35-39-57-61-44-52(38-42-67(61)87-69(57)46-54)51-36-40-63-60(43-51)56-27-13-14-31-62(56)79(63)64-32-15-16-34-68(64)88-70-45-53(37-41-65(70)79)55-28-18-33-66-71(55)58-29-17-30-59(72(58)86-66)78-84-75(49-23-9-3-10-24-49)81-76(85-78)50-25-11-4-12-26-50/h1-46H. The van der Waals surface area contributed by atoms with Crippen LogP contribution >= 0.6 is 23.1 Å². The second-order valence-corrected chi connectivity index (χ2v) is 24.6. The van der Waals surface area contributed by atoms with E-state index in [9.17, 15) is 0 Å². The highest BCUT2D eigenvalue weighted by Gasteiger charge is 2.50. The molecular formula is C79H46N6OS2. The van der Waals surface area contributed by atoms with Gasteiger partial charge in [-0.15, -0.1) is 11.3 Å². The lowest BCUT2D eigenvalue weighted by Gasteiger charge is -2.40. The first kappa shape index (κ1) is 50.4. The van der Waals surface area contributed by atoms with E-state index in [1.54, 1.807) is 11.3 Å². The van der Waals surface area contributed by atoms with Crippen molar-refractivity contribution in [3.05, 3.63) is 301 Å². The minimum absolute atomic E-state index is 0.554. The SMILES string of the molecule is c1ccc(-c2nc(-c3ccccc3)nc(-c3ccc4c(c3)sc3ccc(-c5ccc6c(c5)-c5ccccc5C65c6ccccc6Sc6cc(-c7cccc8oc9c(-c%10nc(-c%11ccccc%11)nc(-c%11ccccc%11)n%10)cccc9c78)ccc65)cc34)n2)cc1. The predicted octanol–water partition coefficient (Wildman–Crippen LogP) is 20.5. The van der Waals surface area contributed by atoms with Crippen LogP contribution in [0.2, 0.25) is 0 Å². The van der Waals surface area contributed by atoms with Crippen LogP contribution in [0.5, 0.6) is 0 Å². The first-order valence-electron chi connectivity index (χ1n) is 29.4. The van der Waals surface area contributed by atoms with Crippen molar-refractivity contribution >= 4 is 65.2 Å². The van der Waals surface area contributed by atoms with Crippen LogP contribution in [0.15, 0.2) is 293 Å². The normalized spacial score (nSPS) is 13.9. The highest BCUT2D eigenvalue weighted by Crippen LogP contribution is 2.63. The van der Waals surface area contributed by atoms with Crippen LogP contribution in [0.25, 0.3) is 144 Å². The van der Waals surface area contributed by atoms with E-state index in [1.807, 2.05) is 133 Å². The van der Waals surface area contributed by atoms with Gasteiger partial charge in [0.2, 0.25) is 0 Å². The summed E-state index contributed by atoms with van der Waals surface area (Å²) < 4.78 is 9.34. The van der Waals surface area contributed by atoms with E-state index >= 15 is 0 Å². The molecule has 0 bridgehead atoms. The number of nitrogens with zero attached hydrogens (tertiary/aromatic N) is 6. The lowest BCUT2D eigenvalue weighted by molar-refractivity contribution is 0.669. The topological polar surface area (TPSA) is 90.5 Å². The molecular weight excluding hydrogens is 1110 g/mol. The summed E-state index contributed by atoms with van der Waals surface area (Å²) in [6, 6.07) is 99.1. The molecule has 4 aromatic heterocycles. The molecule has 0 amide bonds. The number of hydrogen-bond donors (Lipinski definition) is 0. The van der Waals surface area contributed by atoms with Gasteiger partial charge in [0.1, 0.15) is 11.2 Å². The number of benzene rings is 12. The van der Waals surface area contributed by atoms with Crippen molar-refractivity contribution in [1.82, 2.24) is 29.9 Å². The van der Waals surface area contributed by atoms with E-state index in [2.05, 4.69) is 158 Å². The third kappa shape index (κ3) is 7.98. The summed E-state index contributed by atoms with van der Waals surface area (Å²) in [7, 11) is 0. The fourth-order valence-corrected chi connectivity index (χ4v) is 15.8. The van der Waals surface area contributed by atoms with Gasteiger partial charge in [0.05, 0.1) is 11.0 Å². The molecule has 7 nitrogen and oxygen atoms in total. The molecule has 0 fully saturated rings. The van der Waals surface area contributed by atoms with Gasteiger partial charge < -0.3 is 4.42 Å². The first-order valence-corrected chi connectivity index (χ1v) is 31.0. The quantitative estimate of drug-likeness (QED) is 0.149. The maximum Gasteiger partial charge on any atom is 0.167 e. The molecule has 1 aliphatic heterocycles. The third-order valence-corrected chi connectivity index (χ3v) is 19.7. The molecule has 2 aliphatic rings. The average molecular weight is 1160 g/mol. The van der Waals surface area contributed by atoms with Crippen molar-refractivity contribution in [3.8, 4) is 102 Å². The Labute approximate surface area is 514 Å². The Morgan fingerprint density at radius 3 is 1.45 bits per heavy atom. The summed E-state index contributed by atoms with van der Waals surface area (Å²) in [5.74, 6) is 3.71.